The minimum Gasteiger partial charge on any atom is -0.485 e. The zero-order valence-corrected chi connectivity index (χ0v) is 18.6. The number of likely N-dealkylation sites (tertiary alicyclic amines) is 1. The van der Waals surface area contributed by atoms with Gasteiger partial charge < -0.3 is 14.4 Å². The molecule has 170 valence electrons. The number of hydrogen-bond acceptors (Lipinski definition) is 5. The normalized spacial score (nSPS) is 18.2. The monoisotopic (exact) mass is 445 g/mol. The standard InChI is InChI=1S/C26H27N3O4/c1-18-15-24(30)29(27-25(18)20-7-3-2-4-8-20)16-19-11-13-28(14-12-19)26(31)23-17-32-21-9-5-6-10-22(21)33-23/h2-10,15,19,23H,11-14,16-17H2,1H3. The summed E-state index contributed by atoms with van der Waals surface area (Å²) in [5.74, 6) is 1.52. The van der Waals surface area contributed by atoms with Gasteiger partial charge in [-0.2, -0.15) is 5.10 Å². The number of hydrogen-bond donors (Lipinski definition) is 0. The summed E-state index contributed by atoms with van der Waals surface area (Å²) in [5.41, 5.74) is 2.62. The van der Waals surface area contributed by atoms with Crippen LogP contribution in [0.15, 0.2) is 65.5 Å². The SMILES string of the molecule is Cc1cc(=O)n(CC2CCN(C(=O)C3COc4ccccc4O3)CC2)nc1-c1ccccc1. The van der Waals surface area contributed by atoms with Gasteiger partial charge in [-0.1, -0.05) is 42.5 Å². The van der Waals surface area contributed by atoms with Crippen LogP contribution in [-0.4, -0.2) is 46.4 Å². The van der Waals surface area contributed by atoms with Gasteiger partial charge >= 0.3 is 0 Å². The molecule has 0 spiro atoms. The molecule has 2 aromatic carbocycles. The summed E-state index contributed by atoms with van der Waals surface area (Å²) < 4.78 is 13.2. The van der Waals surface area contributed by atoms with E-state index in [1.807, 2.05) is 66.4 Å². The first kappa shape index (κ1) is 21.2. The summed E-state index contributed by atoms with van der Waals surface area (Å²) in [4.78, 5) is 27.4. The van der Waals surface area contributed by atoms with Crippen LogP contribution in [0.5, 0.6) is 11.5 Å². The fourth-order valence-electron chi connectivity index (χ4n) is 4.51. The van der Waals surface area contributed by atoms with Crippen molar-refractivity contribution in [3.8, 4) is 22.8 Å². The lowest BCUT2D eigenvalue weighted by Gasteiger charge is -2.35. The molecule has 5 rings (SSSR count). The van der Waals surface area contributed by atoms with Gasteiger partial charge in [-0.15, -0.1) is 0 Å². The number of amides is 1. The molecule has 2 aliphatic rings. The molecule has 1 atom stereocenters. The van der Waals surface area contributed by atoms with Crippen molar-refractivity contribution < 1.29 is 14.3 Å². The average Bonchev–Trinajstić information content (AvgIpc) is 2.86. The number of benzene rings is 2. The third-order valence-electron chi connectivity index (χ3n) is 6.38. The molecule has 0 saturated carbocycles. The van der Waals surface area contributed by atoms with Gasteiger partial charge in [0.25, 0.3) is 11.5 Å². The van der Waals surface area contributed by atoms with Crippen LogP contribution in [0.25, 0.3) is 11.3 Å². The molecule has 0 radical (unpaired) electrons. The van der Waals surface area contributed by atoms with Gasteiger partial charge in [0.1, 0.15) is 6.61 Å². The Balaban J connectivity index is 1.22. The first-order chi connectivity index (χ1) is 16.1. The Bertz CT molecular complexity index is 1200. The highest BCUT2D eigenvalue weighted by molar-refractivity contribution is 5.82. The zero-order valence-electron chi connectivity index (χ0n) is 18.6. The fraction of sp³-hybridized carbons (Fsp3) is 0.346. The van der Waals surface area contributed by atoms with E-state index in [0.717, 1.165) is 29.7 Å². The highest BCUT2D eigenvalue weighted by Crippen LogP contribution is 2.32. The smallest absolute Gasteiger partial charge is 0.267 e. The van der Waals surface area contributed by atoms with Crippen molar-refractivity contribution in [1.82, 2.24) is 14.7 Å². The fourth-order valence-corrected chi connectivity index (χ4v) is 4.51. The summed E-state index contributed by atoms with van der Waals surface area (Å²) in [7, 11) is 0. The Morgan fingerprint density at radius 3 is 2.48 bits per heavy atom. The highest BCUT2D eigenvalue weighted by atomic mass is 16.6. The Hall–Kier alpha value is -3.61. The number of fused-ring (bicyclic) bond motifs is 1. The van der Waals surface area contributed by atoms with E-state index in [4.69, 9.17) is 9.47 Å². The van der Waals surface area contributed by atoms with Crippen molar-refractivity contribution in [2.24, 2.45) is 5.92 Å². The number of aromatic nitrogens is 2. The van der Waals surface area contributed by atoms with Crippen LogP contribution < -0.4 is 15.0 Å². The molecule has 1 amide bonds. The number of nitrogens with zero attached hydrogens (tertiary/aromatic N) is 3. The predicted octanol–water partition coefficient (Wildman–Crippen LogP) is 3.30. The maximum absolute atomic E-state index is 13.0. The van der Waals surface area contributed by atoms with E-state index in [2.05, 4.69) is 5.10 Å². The molecule has 0 bridgehead atoms. The molecule has 7 heteroatoms. The van der Waals surface area contributed by atoms with Gasteiger partial charge in [0.15, 0.2) is 11.5 Å². The lowest BCUT2D eigenvalue weighted by molar-refractivity contribution is -0.142. The molecule has 3 aromatic rings. The molecule has 0 N–H and O–H groups in total. The topological polar surface area (TPSA) is 73.7 Å². The largest absolute Gasteiger partial charge is 0.485 e. The molecular weight excluding hydrogens is 418 g/mol. The van der Waals surface area contributed by atoms with Crippen LogP contribution in [0.4, 0.5) is 0 Å². The third-order valence-corrected chi connectivity index (χ3v) is 6.38. The van der Waals surface area contributed by atoms with E-state index in [1.54, 1.807) is 10.7 Å². The van der Waals surface area contributed by atoms with E-state index in [0.29, 0.717) is 31.1 Å². The van der Waals surface area contributed by atoms with Crippen LogP contribution in [-0.2, 0) is 11.3 Å². The number of rotatable bonds is 4. The second-order valence-corrected chi connectivity index (χ2v) is 8.70. The van der Waals surface area contributed by atoms with Crippen LogP contribution in [0, 0.1) is 12.8 Å². The quantitative estimate of drug-likeness (QED) is 0.616. The summed E-state index contributed by atoms with van der Waals surface area (Å²) in [6, 6.07) is 19.0. The van der Waals surface area contributed by atoms with Gasteiger partial charge in [0, 0.05) is 31.3 Å². The van der Waals surface area contributed by atoms with E-state index in [-0.39, 0.29) is 24.0 Å². The van der Waals surface area contributed by atoms with Gasteiger partial charge in [0.05, 0.1) is 5.69 Å². The van der Waals surface area contributed by atoms with Crippen LogP contribution >= 0.6 is 0 Å². The van der Waals surface area contributed by atoms with Gasteiger partial charge in [-0.3, -0.25) is 9.59 Å². The van der Waals surface area contributed by atoms with Crippen molar-refractivity contribution in [2.45, 2.75) is 32.4 Å². The number of para-hydroxylation sites is 2. The number of carbonyl (C=O) groups excluding carboxylic acids is 1. The number of ether oxygens (including phenoxy) is 2. The van der Waals surface area contributed by atoms with E-state index < -0.39 is 6.10 Å². The molecule has 7 nitrogen and oxygen atoms in total. The third kappa shape index (κ3) is 4.49. The predicted molar refractivity (Wildman–Crippen MR) is 124 cm³/mol. The number of carbonyl (C=O) groups is 1. The molecule has 1 unspecified atom stereocenters. The lowest BCUT2D eigenvalue weighted by Crippen LogP contribution is -2.49. The Kier molecular flexibility index (Phi) is 5.86. The van der Waals surface area contributed by atoms with Crippen LogP contribution in [0.2, 0.25) is 0 Å². The summed E-state index contributed by atoms with van der Waals surface area (Å²) in [6.07, 6.45) is 1.02. The van der Waals surface area contributed by atoms with Crippen molar-refractivity contribution in [1.29, 1.82) is 0 Å². The van der Waals surface area contributed by atoms with Gasteiger partial charge in [-0.25, -0.2) is 4.68 Å². The van der Waals surface area contributed by atoms with Crippen molar-refractivity contribution >= 4 is 5.91 Å². The van der Waals surface area contributed by atoms with Crippen molar-refractivity contribution in [3.63, 3.8) is 0 Å². The maximum atomic E-state index is 13.0. The maximum Gasteiger partial charge on any atom is 0.267 e. The second-order valence-electron chi connectivity index (χ2n) is 8.70. The first-order valence-corrected chi connectivity index (χ1v) is 11.4. The van der Waals surface area contributed by atoms with Crippen LogP contribution in [0.3, 0.4) is 0 Å². The number of aryl methyl sites for hydroxylation is 1. The molecule has 1 aromatic heterocycles. The Labute approximate surface area is 192 Å². The summed E-state index contributed by atoms with van der Waals surface area (Å²) in [5, 5.41) is 4.67. The molecule has 3 heterocycles. The van der Waals surface area contributed by atoms with E-state index in [1.165, 1.54) is 0 Å². The zero-order chi connectivity index (χ0) is 22.8. The van der Waals surface area contributed by atoms with E-state index in [9.17, 15) is 9.59 Å². The average molecular weight is 446 g/mol. The van der Waals surface area contributed by atoms with Gasteiger partial charge in [0.2, 0.25) is 6.10 Å². The van der Waals surface area contributed by atoms with Crippen molar-refractivity contribution in [3.05, 3.63) is 76.6 Å². The number of piperidine rings is 1. The first-order valence-electron chi connectivity index (χ1n) is 11.4. The molecule has 1 fully saturated rings. The van der Waals surface area contributed by atoms with Crippen LogP contribution in [0.1, 0.15) is 18.4 Å². The minimum absolute atomic E-state index is 0.0417. The molecule has 1 saturated heterocycles. The van der Waals surface area contributed by atoms with Gasteiger partial charge in [-0.05, 0) is 43.4 Å². The highest BCUT2D eigenvalue weighted by Gasteiger charge is 2.33. The Morgan fingerprint density at radius 1 is 1.03 bits per heavy atom. The van der Waals surface area contributed by atoms with E-state index >= 15 is 0 Å². The summed E-state index contributed by atoms with van der Waals surface area (Å²) in [6.45, 7) is 3.97. The summed E-state index contributed by atoms with van der Waals surface area (Å²) >= 11 is 0. The molecular formula is C26H27N3O4. The Morgan fingerprint density at radius 2 is 1.73 bits per heavy atom. The second kappa shape index (κ2) is 9.10. The lowest BCUT2D eigenvalue weighted by atomic mass is 9.96. The minimum atomic E-state index is -0.619. The molecule has 2 aliphatic heterocycles. The molecule has 0 aliphatic carbocycles. The molecule has 33 heavy (non-hydrogen) atoms. The van der Waals surface area contributed by atoms with Crippen molar-refractivity contribution in [2.75, 3.05) is 19.7 Å².